The molecule has 0 amide bonds. The zero-order chi connectivity index (χ0) is 10.0. The SMILES string of the molecule is O=Cc1cc(=O)[nH]c(Cl)c1C(F)F. The Morgan fingerprint density at radius 2 is 2.15 bits per heavy atom. The molecule has 0 aliphatic heterocycles. The summed E-state index contributed by atoms with van der Waals surface area (Å²) in [4.78, 5) is 23.0. The van der Waals surface area contributed by atoms with E-state index < -0.39 is 22.7 Å². The van der Waals surface area contributed by atoms with Crippen molar-refractivity contribution >= 4 is 17.9 Å². The first-order chi connectivity index (χ1) is 6.06. The monoisotopic (exact) mass is 207 g/mol. The van der Waals surface area contributed by atoms with E-state index in [1.165, 1.54) is 0 Å². The highest BCUT2D eigenvalue weighted by atomic mass is 35.5. The molecule has 70 valence electrons. The number of aromatic nitrogens is 1. The second kappa shape index (κ2) is 3.66. The second-order valence-corrected chi connectivity index (χ2v) is 2.61. The molecule has 0 saturated carbocycles. The van der Waals surface area contributed by atoms with Gasteiger partial charge in [-0.3, -0.25) is 9.59 Å². The van der Waals surface area contributed by atoms with E-state index in [-0.39, 0.29) is 11.8 Å². The molecule has 0 saturated heterocycles. The Bertz CT molecular complexity index is 389. The van der Waals surface area contributed by atoms with Gasteiger partial charge in [0.25, 0.3) is 6.43 Å². The maximum absolute atomic E-state index is 12.2. The smallest absolute Gasteiger partial charge is 0.267 e. The van der Waals surface area contributed by atoms with Gasteiger partial charge < -0.3 is 4.98 Å². The number of nitrogens with one attached hydrogen (secondary N) is 1. The van der Waals surface area contributed by atoms with Crippen LogP contribution in [0.1, 0.15) is 22.3 Å². The van der Waals surface area contributed by atoms with Crippen LogP contribution in [0.4, 0.5) is 8.78 Å². The molecular weight excluding hydrogens is 204 g/mol. The van der Waals surface area contributed by atoms with Crippen LogP contribution in [0.2, 0.25) is 5.15 Å². The molecule has 0 radical (unpaired) electrons. The molecule has 1 heterocycles. The van der Waals surface area contributed by atoms with Crippen molar-refractivity contribution in [1.82, 2.24) is 4.98 Å². The largest absolute Gasteiger partial charge is 0.313 e. The van der Waals surface area contributed by atoms with Crippen LogP contribution in [-0.4, -0.2) is 11.3 Å². The summed E-state index contributed by atoms with van der Waals surface area (Å²) < 4.78 is 24.5. The van der Waals surface area contributed by atoms with Gasteiger partial charge in [0.1, 0.15) is 5.15 Å². The first kappa shape index (κ1) is 9.85. The molecule has 6 heteroatoms. The van der Waals surface area contributed by atoms with Gasteiger partial charge in [-0.15, -0.1) is 0 Å². The molecule has 0 aromatic carbocycles. The Hall–Kier alpha value is -1.23. The van der Waals surface area contributed by atoms with E-state index in [9.17, 15) is 18.4 Å². The van der Waals surface area contributed by atoms with Gasteiger partial charge in [-0.25, -0.2) is 8.78 Å². The Labute approximate surface area is 76.3 Å². The molecule has 0 fully saturated rings. The number of hydrogen-bond donors (Lipinski definition) is 1. The van der Waals surface area contributed by atoms with Crippen LogP contribution in [0, 0.1) is 0 Å². The van der Waals surface area contributed by atoms with E-state index in [2.05, 4.69) is 0 Å². The average molecular weight is 208 g/mol. The van der Waals surface area contributed by atoms with Gasteiger partial charge in [-0.2, -0.15) is 0 Å². The highest BCUT2D eigenvalue weighted by Gasteiger charge is 2.17. The Balaban J connectivity index is 3.47. The van der Waals surface area contributed by atoms with Gasteiger partial charge in [0.05, 0.1) is 5.56 Å². The summed E-state index contributed by atoms with van der Waals surface area (Å²) >= 11 is 5.31. The topological polar surface area (TPSA) is 49.9 Å². The quantitative estimate of drug-likeness (QED) is 0.594. The van der Waals surface area contributed by atoms with E-state index in [0.29, 0.717) is 0 Å². The summed E-state index contributed by atoms with van der Waals surface area (Å²) in [5.41, 5.74) is -1.71. The van der Waals surface area contributed by atoms with Crippen LogP contribution < -0.4 is 5.56 Å². The summed E-state index contributed by atoms with van der Waals surface area (Å²) in [6.45, 7) is 0. The van der Waals surface area contributed by atoms with Gasteiger partial charge in [0.2, 0.25) is 5.56 Å². The molecule has 1 aromatic heterocycles. The lowest BCUT2D eigenvalue weighted by atomic mass is 10.1. The Morgan fingerprint density at radius 1 is 1.54 bits per heavy atom. The predicted octanol–water partition coefficient (Wildman–Crippen LogP) is 1.78. The standard InChI is InChI=1S/C7H4ClF2NO2/c8-6-5(7(9)10)3(2-12)1-4(13)11-6/h1-2,7H,(H,11,13). The van der Waals surface area contributed by atoms with Crippen molar-refractivity contribution in [2.75, 3.05) is 0 Å². The predicted molar refractivity (Wildman–Crippen MR) is 42.4 cm³/mol. The molecule has 13 heavy (non-hydrogen) atoms. The third-order valence-corrected chi connectivity index (χ3v) is 1.71. The van der Waals surface area contributed by atoms with Crippen molar-refractivity contribution in [3.63, 3.8) is 0 Å². The van der Waals surface area contributed by atoms with Crippen LogP contribution in [0.25, 0.3) is 0 Å². The lowest BCUT2D eigenvalue weighted by Crippen LogP contribution is -2.10. The van der Waals surface area contributed by atoms with Crippen LogP contribution in [0.5, 0.6) is 0 Å². The summed E-state index contributed by atoms with van der Waals surface area (Å²) in [6, 6.07) is 0.778. The molecule has 0 aliphatic carbocycles. The van der Waals surface area contributed by atoms with Crippen LogP contribution in [0.15, 0.2) is 10.9 Å². The maximum Gasteiger partial charge on any atom is 0.267 e. The molecule has 3 nitrogen and oxygen atoms in total. The molecule has 0 atom stereocenters. The number of aldehydes is 1. The fourth-order valence-electron chi connectivity index (χ4n) is 0.877. The van der Waals surface area contributed by atoms with E-state index in [1.54, 1.807) is 0 Å². The van der Waals surface area contributed by atoms with Crippen molar-refractivity contribution in [2.45, 2.75) is 6.43 Å². The van der Waals surface area contributed by atoms with Gasteiger partial charge in [-0.1, -0.05) is 11.6 Å². The number of carbonyl (C=O) groups excluding carboxylic acids is 1. The number of rotatable bonds is 2. The molecule has 0 bridgehead atoms. The van der Waals surface area contributed by atoms with Crippen molar-refractivity contribution < 1.29 is 13.6 Å². The number of carbonyl (C=O) groups is 1. The van der Waals surface area contributed by atoms with Gasteiger partial charge in [0, 0.05) is 11.6 Å². The van der Waals surface area contributed by atoms with Crippen molar-refractivity contribution in [3.8, 4) is 0 Å². The first-order valence-electron chi connectivity index (χ1n) is 3.22. The van der Waals surface area contributed by atoms with Crippen LogP contribution in [0.3, 0.4) is 0 Å². The third-order valence-electron chi connectivity index (χ3n) is 1.41. The summed E-state index contributed by atoms with van der Waals surface area (Å²) in [6.07, 6.45) is -2.72. The molecule has 0 unspecified atom stereocenters. The van der Waals surface area contributed by atoms with Crippen molar-refractivity contribution in [3.05, 3.63) is 32.7 Å². The molecule has 1 aromatic rings. The maximum atomic E-state index is 12.2. The fourth-order valence-corrected chi connectivity index (χ4v) is 1.16. The van der Waals surface area contributed by atoms with Gasteiger partial charge in [-0.05, 0) is 0 Å². The fraction of sp³-hybridized carbons (Fsp3) is 0.143. The highest BCUT2D eigenvalue weighted by Crippen LogP contribution is 2.26. The number of aromatic amines is 1. The number of H-pyrrole nitrogens is 1. The molecule has 0 spiro atoms. The number of pyridine rings is 1. The minimum absolute atomic E-state index is 0.169. The zero-order valence-electron chi connectivity index (χ0n) is 6.18. The van der Waals surface area contributed by atoms with Gasteiger partial charge >= 0.3 is 0 Å². The van der Waals surface area contributed by atoms with Crippen molar-refractivity contribution in [1.29, 1.82) is 0 Å². The second-order valence-electron chi connectivity index (χ2n) is 2.24. The summed E-state index contributed by atoms with van der Waals surface area (Å²) in [5.74, 6) is 0. The first-order valence-corrected chi connectivity index (χ1v) is 3.60. The number of alkyl halides is 2. The van der Waals surface area contributed by atoms with E-state index in [1.807, 2.05) is 4.98 Å². The van der Waals surface area contributed by atoms with E-state index >= 15 is 0 Å². The average Bonchev–Trinajstić information content (AvgIpc) is 2.01. The Morgan fingerprint density at radius 3 is 2.62 bits per heavy atom. The molecule has 0 aliphatic rings. The number of halogens is 3. The summed E-state index contributed by atoms with van der Waals surface area (Å²) in [5, 5.41) is -0.496. The van der Waals surface area contributed by atoms with E-state index in [0.717, 1.165) is 6.07 Å². The minimum atomic E-state index is -2.88. The minimum Gasteiger partial charge on any atom is -0.313 e. The number of hydrogen-bond acceptors (Lipinski definition) is 2. The molecule has 1 N–H and O–H groups in total. The third kappa shape index (κ3) is 1.92. The van der Waals surface area contributed by atoms with E-state index in [4.69, 9.17) is 11.6 Å². The zero-order valence-corrected chi connectivity index (χ0v) is 6.94. The summed E-state index contributed by atoms with van der Waals surface area (Å²) in [7, 11) is 0. The lowest BCUT2D eigenvalue weighted by molar-refractivity contribution is 0.110. The highest BCUT2D eigenvalue weighted by molar-refractivity contribution is 6.30. The molecular formula is C7H4ClF2NO2. The van der Waals surface area contributed by atoms with Crippen LogP contribution >= 0.6 is 11.6 Å². The normalized spacial score (nSPS) is 10.5. The van der Waals surface area contributed by atoms with Gasteiger partial charge in [0.15, 0.2) is 6.29 Å². The van der Waals surface area contributed by atoms with Crippen molar-refractivity contribution in [2.24, 2.45) is 0 Å². The Kier molecular flexibility index (Phi) is 2.77. The lowest BCUT2D eigenvalue weighted by Gasteiger charge is -2.04. The van der Waals surface area contributed by atoms with Crippen LogP contribution in [-0.2, 0) is 0 Å². The molecule has 1 rings (SSSR count).